The van der Waals surface area contributed by atoms with Crippen molar-refractivity contribution in [1.29, 1.82) is 0 Å². The van der Waals surface area contributed by atoms with Gasteiger partial charge >= 0.3 is 0 Å². The number of nitrogens with one attached hydrogen (secondary N) is 2. The Hall–Kier alpha value is -2.62. The van der Waals surface area contributed by atoms with Crippen molar-refractivity contribution in [1.82, 2.24) is 10.2 Å². The minimum absolute atomic E-state index is 0.0119. The molecule has 100 valence electrons. The minimum atomic E-state index is -0.0119. The summed E-state index contributed by atoms with van der Waals surface area (Å²) in [5, 5.41) is 10.8. The van der Waals surface area contributed by atoms with Crippen LogP contribution in [0.15, 0.2) is 48.7 Å². The second-order valence-electron chi connectivity index (χ2n) is 4.82. The standard InChI is InChI=1S/C16H15N3O/c1-11-4-2-3-5-12(11)9-16(20)18-14-6-7-15-13(8-14)10-17-19-15/h2-8,10H,9H2,1H3,(H,17,19)(H,18,20). The number of benzene rings is 2. The number of aryl methyl sites for hydroxylation is 1. The predicted octanol–water partition coefficient (Wildman–Crippen LogP) is 3.05. The van der Waals surface area contributed by atoms with Gasteiger partial charge in [-0.1, -0.05) is 24.3 Å². The van der Waals surface area contributed by atoms with Gasteiger partial charge in [0.15, 0.2) is 0 Å². The Balaban J connectivity index is 1.74. The van der Waals surface area contributed by atoms with Crippen LogP contribution in [0.4, 0.5) is 5.69 Å². The van der Waals surface area contributed by atoms with Crippen molar-refractivity contribution in [3.63, 3.8) is 0 Å². The lowest BCUT2D eigenvalue weighted by Crippen LogP contribution is -2.14. The molecular formula is C16H15N3O. The van der Waals surface area contributed by atoms with Crippen molar-refractivity contribution in [3.05, 3.63) is 59.8 Å². The van der Waals surface area contributed by atoms with Gasteiger partial charge in [0.05, 0.1) is 18.1 Å². The maximum absolute atomic E-state index is 12.1. The molecule has 4 nitrogen and oxygen atoms in total. The van der Waals surface area contributed by atoms with Gasteiger partial charge in [-0.25, -0.2) is 0 Å². The highest BCUT2D eigenvalue weighted by Crippen LogP contribution is 2.17. The summed E-state index contributed by atoms with van der Waals surface area (Å²) in [6.45, 7) is 2.01. The molecule has 0 saturated heterocycles. The van der Waals surface area contributed by atoms with E-state index in [-0.39, 0.29) is 5.91 Å². The van der Waals surface area contributed by atoms with E-state index in [2.05, 4.69) is 15.5 Å². The number of carbonyl (C=O) groups excluding carboxylic acids is 1. The number of carbonyl (C=O) groups is 1. The van der Waals surface area contributed by atoms with Crippen LogP contribution >= 0.6 is 0 Å². The topological polar surface area (TPSA) is 57.8 Å². The van der Waals surface area contributed by atoms with Gasteiger partial charge in [-0.2, -0.15) is 5.10 Å². The summed E-state index contributed by atoms with van der Waals surface area (Å²) in [6, 6.07) is 13.6. The van der Waals surface area contributed by atoms with E-state index in [9.17, 15) is 4.79 Å². The Morgan fingerprint density at radius 2 is 2.10 bits per heavy atom. The van der Waals surface area contributed by atoms with Crippen LogP contribution in [0.25, 0.3) is 10.9 Å². The van der Waals surface area contributed by atoms with E-state index in [1.165, 1.54) is 0 Å². The lowest BCUT2D eigenvalue weighted by molar-refractivity contribution is -0.115. The number of anilines is 1. The molecule has 3 aromatic rings. The van der Waals surface area contributed by atoms with Crippen LogP contribution in [-0.2, 0) is 11.2 Å². The van der Waals surface area contributed by atoms with Crippen molar-refractivity contribution < 1.29 is 4.79 Å². The molecule has 0 spiro atoms. The Bertz CT molecular complexity index is 761. The molecule has 0 aliphatic heterocycles. The van der Waals surface area contributed by atoms with Crippen LogP contribution < -0.4 is 5.32 Å². The molecule has 4 heteroatoms. The molecule has 20 heavy (non-hydrogen) atoms. The zero-order valence-electron chi connectivity index (χ0n) is 11.2. The first-order valence-electron chi connectivity index (χ1n) is 6.50. The van der Waals surface area contributed by atoms with Crippen molar-refractivity contribution in [3.8, 4) is 0 Å². The predicted molar refractivity (Wildman–Crippen MR) is 79.6 cm³/mol. The Morgan fingerprint density at radius 3 is 2.95 bits per heavy atom. The Labute approximate surface area is 116 Å². The maximum atomic E-state index is 12.1. The van der Waals surface area contributed by atoms with Crippen LogP contribution in [0.5, 0.6) is 0 Å². The molecule has 1 amide bonds. The summed E-state index contributed by atoms with van der Waals surface area (Å²) in [5.41, 5.74) is 3.93. The fourth-order valence-corrected chi connectivity index (χ4v) is 2.21. The van der Waals surface area contributed by atoms with Gasteiger partial charge in [0.25, 0.3) is 0 Å². The molecule has 0 radical (unpaired) electrons. The van der Waals surface area contributed by atoms with Crippen molar-refractivity contribution in [2.45, 2.75) is 13.3 Å². The molecule has 0 unspecified atom stereocenters. The first-order chi connectivity index (χ1) is 9.72. The summed E-state index contributed by atoms with van der Waals surface area (Å²) in [7, 11) is 0. The molecule has 2 N–H and O–H groups in total. The van der Waals surface area contributed by atoms with E-state index >= 15 is 0 Å². The van der Waals surface area contributed by atoms with Crippen LogP contribution in [0, 0.1) is 6.92 Å². The first-order valence-corrected chi connectivity index (χ1v) is 6.50. The number of nitrogens with zero attached hydrogens (tertiary/aromatic N) is 1. The molecule has 0 saturated carbocycles. The molecule has 0 fully saturated rings. The van der Waals surface area contributed by atoms with E-state index < -0.39 is 0 Å². The number of hydrogen-bond acceptors (Lipinski definition) is 2. The third kappa shape index (κ3) is 2.54. The number of rotatable bonds is 3. The van der Waals surface area contributed by atoms with Crippen molar-refractivity contribution >= 4 is 22.5 Å². The zero-order valence-corrected chi connectivity index (χ0v) is 11.2. The number of aromatic amines is 1. The number of aromatic nitrogens is 2. The number of amides is 1. The number of H-pyrrole nitrogens is 1. The molecule has 1 heterocycles. The Morgan fingerprint density at radius 1 is 1.25 bits per heavy atom. The van der Waals surface area contributed by atoms with E-state index in [4.69, 9.17) is 0 Å². The fraction of sp³-hybridized carbons (Fsp3) is 0.125. The third-order valence-corrected chi connectivity index (χ3v) is 3.34. The first kappa shape index (κ1) is 12.4. The monoisotopic (exact) mass is 265 g/mol. The zero-order chi connectivity index (χ0) is 13.9. The van der Waals surface area contributed by atoms with Crippen LogP contribution in [0.3, 0.4) is 0 Å². The van der Waals surface area contributed by atoms with Crippen molar-refractivity contribution in [2.24, 2.45) is 0 Å². The second-order valence-corrected chi connectivity index (χ2v) is 4.82. The van der Waals surface area contributed by atoms with Gasteiger partial charge in [0.2, 0.25) is 5.91 Å². The lowest BCUT2D eigenvalue weighted by Gasteiger charge is -2.07. The average molecular weight is 265 g/mol. The Kier molecular flexibility index (Phi) is 3.21. The van der Waals surface area contributed by atoms with Crippen LogP contribution in [0.2, 0.25) is 0 Å². The second kappa shape index (κ2) is 5.17. The highest BCUT2D eigenvalue weighted by molar-refractivity contribution is 5.94. The van der Waals surface area contributed by atoms with E-state index in [0.717, 1.165) is 27.7 Å². The van der Waals surface area contributed by atoms with Gasteiger partial charge in [-0.05, 0) is 36.2 Å². The van der Waals surface area contributed by atoms with E-state index in [1.54, 1.807) is 6.20 Å². The SMILES string of the molecule is Cc1ccccc1CC(=O)Nc1ccc2[nH]ncc2c1. The molecule has 0 aliphatic rings. The summed E-state index contributed by atoms with van der Waals surface area (Å²) in [6.07, 6.45) is 2.13. The third-order valence-electron chi connectivity index (χ3n) is 3.34. The molecule has 3 rings (SSSR count). The summed E-state index contributed by atoms with van der Waals surface area (Å²) in [5.74, 6) is -0.0119. The number of hydrogen-bond donors (Lipinski definition) is 2. The minimum Gasteiger partial charge on any atom is -0.326 e. The number of fused-ring (bicyclic) bond motifs is 1. The van der Waals surface area contributed by atoms with Crippen molar-refractivity contribution in [2.75, 3.05) is 5.32 Å². The van der Waals surface area contributed by atoms with Gasteiger partial charge in [-0.3, -0.25) is 9.89 Å². The van der Waals surface area contributed by atoms with E-state index in [1.807, 2.05) is 49.4 Å². The molecular weight excluding hydrogens is 250 g/mol. The summed E-state index contributed by atoms with van der Waals surface area (Å²) in [4.78, 5) is 12.1. The summed E-state index contributed by atoms with van der Waals surface area (Å²) < 4.78 is 0. The highest BCUT2D eigenvalue weighted by atomic mass is 16.1. The quantitative estimate of drug-likeness (QED) is 0.764. The fourth-order valence-electron chi connectivity index (χ4n) is 2.21. The van der Waals surface area contributed by atoms with Crippen LogP contribution in [-0.4, -0.2) is 16.1 Å². The van der Waals surface area contributed by atoms with Gasteiger partial charge in [-0.15, -0.1) is 0 Å². The molecule has 0 atom stereocenters. The largest absolute Gasteiger partial charge is 0.326 e. The maximum Gasteiger partial charge on any atom is 0.228 e. The van der Waals surface area contributed by atoms with Gasteiger partial charge in [0, 0.05) is 11.1 Å². The molecule has 0 bridgehead atoms. The van der Waals surface area contributed by atoms with Gasteiger partial charge in [0.1, 0.15) is 0 Å². The van der Waals surface area contributed by atoms with Gasteiger partial charge < -0.3 is 5.32 Å². The smallest absolute Gasteiger partial charge is 0.228 e. The normalized spacial score (nSPS) is 10.7. The molecule has 1 aromatic heterocycles. The lowest BCUT2D eigenvalue weighted by atomic mass is 10.1. The molecule has 0 aliphatic carbocycles. The van der Waals surface area contributed by atoms with E-state index in [0.29, 0.717) is 6.42 Å². The van der Waals surface area contributed by atoms with Crippen LogP contribution in [0.1, 0.15) is 11.1 Å². The summed E-state index contributed by atoms with van der Waals surface area (Å²) >= 11 is 0. The molecule has 2 aromatic carbocycles. The highest BCUT2D eigenvalue weighted by Gasteiger charge is 2.06. The average Bonchev–Trinajstić information content (AvgIpc) is 2.89.